The summed E-state index contributed by atoms with van der Waals surface area (Å²) in [5, 5.41) is 3.57. The molecule has 2 aromatic carbocycles. The van der Waals surface area contributed by atoms with E-state index in [0.717, 1.165) is 42.8 Å². The molecule has 1 aliphatic rings. The number of sulfonamides is 1. The van der Waals surface area contributed by atoms with Gasteiger partial charge in [-0.3, -0.25) is 18.8 Å². The number of carbonyl (C=O) groups is 2. The molecule has 2 heterocycles. The van der Waals surface area contributed by atoms with Crippen molar-refractivity contribution in [3.63, 3.8) is 0 Å². The van der Waals surface area contributed by atoms with Crippen LogP contribution in [0.2, 0.25) is 0 Å². The predicted molar refractivity (Wildman–Crippen MR) is 166 cm³/mol. The molecule has 0 aliphatic carbocycles. The van der Waals surface area contributed by atoms with Crippen molar-refractivity contribution in [2.75, 3.05) is 36.3 Å². The Morgan fingerprint density at radius 2 is 1.63 bits per heavy atom. The highest BCUT2D eigenvalue weighted by Crippen LogP contribution is 2.39. The molecule has 0 spiro atoms. The molecule has 0 saturated heterocycles. The van der Waals surface area contributed by atoms with Gasteiger partial charge in [0.25, 0.3) is 21.8 Å². The van der Waals surface area contributed by atoms with E-state index in [2.05, 4.69) is 37.9 Å². The number of para-hydroxylation sites is 1. The Bertz CT molecular complexity index is 1460. The number of nitrogens with one attached hydrogen (secondary N) is 1. The van der Waals surface area contributed by atoms with Crippen LogP contribution < -0.4 is 9.62 Å². The summed E-state index contributed by atoms with van der Waals surface area (Å²) in [7, 11) is -2.29. The number of anilines is 2. The second-order valence-corrected chi connectivity index (χ2v) is 13.7. The first-order valence-corrected chi connectivity index (χ1v) is 16.5. The molecule has 41 heavy (non-hydrogen) atoms. The van der Waals surface area contributed by atoms with Crippen LogP contribution in [0.5, 0.6) is 0 Å². The Kier molecular flexibility index (Phi) is 9.88. The minimum atomic E-state index is -3.80. The summed E-state index contributed by atoms with van der Waals surface area (Å²) in [5.41, 5.74) is 2.51. The summed E-state index contributed by atoms with van der Waals surface area (Å²) >= 11 is 1.47. The first-order valence-electron chi connectivity index (χ1n) is 14.2. The van der Waals surface area contributed by atoms with Gasteiger partial charge in [-0.2, -0.15) is 0 Å². The second-order valence-electron chi connectivity index (χ2n) is 10.6. The van der Waals surface area contributed by atoms with Crippen LogP contribution in [0.4, 0.5) is 10.7 Å². The van der Waals surface area contributed by atoms with E-state index in [9.17, 15) is 18.0 Å². The maximum absolute atomic E-state index is 13.8. The first kappa shape index (κ1) is 30.7. The number of thiophene rings is 1. The highest BCUT2D eigenvalue weighted by atomic mass is 32.2. The van der Waals surface area contributed by atoms with Crippen molar-refractivity contribution >= 4 is 43.9 Å². The summed E-state index contributed by atoms with van der Waals surface area (Å²) in [6.07, 6.45) is 2.47. The Morgan fingerprint density at radius 1 is 1.00 bits per heavy atom. The summed E-state index contributed by atoms with van der Waals surface area (Å²) < 4.78 is 27.5. The van der Waals surface area contributed by atoms with Crippen LogP contribution in [-0.4, -0.2) is 62.8 Å². The van der Waals surface area contributed by atoms with Gasteiger partial charge >= 0.3 is 0 Å². The summed E-state index contributed by atoms with van der Waals surface area (Å²) in [5.74, 6) is -0.416. The number of fused-ring (bicyclic) bond motifs is 1. The topological polar surface area (TPSA) is 90.0 Å². The lowest BCUT2D eigenvalue weighted by atomic mass is 10.0. The van der Waals surface area contributed by atoms with Crippen LogP contribution in [0.3, 0.4) is 0 Å². The number of hydrogen-bond acceptors (Lipinski definition) is 6. The van der Waals surface area contributed by atoms with Crippen LogP contribution in [-0.2, 0) is 23.0 Å². The third-order valence-corrected chi connectivity index (χ3v) is 10.4. The normalized spacial score (nSPS) is 13.6. The van der Waals surface area contributed by atoms with Gasteiger partial charge in [-0.05, 0) is 75.1 Å². The van der Waals surface area contributed by atoms with Crippen LogP contribution >= 0.6 is 11.3 Å². The van der Waals surface area contributed by atoms with Gasteiger partial charge in [-0.25, -0.2) is 8.42 Å². The fraction of sp³-hybridized carbons (Fsp3) is 0.419. The van der Waals surface area contributed by atoms with Crippen molar-refractivity contribution in [1.82, 2.24) is 9.80 Å². The zero-order chi connectivity index (χ0) is 29.7. The van der Waals surface area contributed by atoms with Crippen molar-refractivity contribution in [3.05, 3.63) is 76.2 Å². The van der Waals surface area contributed by atoms with E-state index in [1.54, 1.807) is 24.3 Å². The van der Waals surface area contributed by atoms with Gasteiger partial charge in [0.05, 0.1) is 16.1 Å². The molecule has 0 unspecified atom stereocenters. The third kappa shape index (κ3) is 6.66. The molecular formula is C31H40N4O4S2. The Labute approximate surface area is 248 Å². The molecule has 1 aliphatic heterocycles. The van der Waals surface area contributed by atoms with Crippen LogP contribution in [0.25, 0.3) is 0 Å². The fourth-order valence-corrected chi connectivity index (χ4v) is 7.54. The highest BCUT2D eigenvalue weighted by molar-refractivity contribution is 7.92. The van der Waals surface area contributed by atoms with Crippen LogP contribution in [0, 0.1) is 0 Å². The SMILES string of the molecule is CCCN(CCC)C(=O)c1c(NC(=O)c2ccc(S(=O)(=O)N(C)c3ccccc3)cc2)sc2c1CCN(C(C)C)C2. The van der Waals surface area contributed by atoms with E-state index in [-0.39, 0.29) is 16.7 Å². The monoisotopic (exact) mass is 596 g/mol. The van der Waals surface area contributed by atoms with Crippen molar-refractivity contribution in [2.45, 2.75) is 64.4 Å². The molecule has 2 amide bonds. The quantitative estimate of drug-likeness (QED) is 0.300. The molecule has 0 saturated carbocycles. The molecule has 1 N–H and O–H groups in total. The maximum atomic E-state index is 13.8. The molecule has 0 bridgehead atoms. The van der Waals surface area contributed by atoms with Gasteiger partial charge in [0.15, 0.2) is 0 Å². The molecule has 4 rings (SSSR count). The molecule has 3 aromatic rings. The molecule has 1 aromatic heterocycles. The minimum absolute atomic E-state index is 0.0371. The van der Waals surface area contributed by atoms with E-state index in [0.29, 0.717) is 40.9 Å². The van der Waals surface area contributed by atoms with Gasteiger partial charge in [0, 0.05) is 49.7 Å². The number of hydrogen-bond donors (Lipinski definition) is 1. The molecule has 220 valence electrons. The summed E-state index contributed by atoms with van der Waals surface area (Å²) in [6, 6.07) is 15.1. The van der Waals surface area contributed by atoms with E-state index >= 15 is 0 Å². The van der Waals surface area contributed by atoms with Gasteiger partial charge in [-0.1, -0.05) is 32.0 Å². The van der Waals surface area contributed by atoms with Crippen LogP contribution in [0.1, 0.15) is 71.7 Å². The Morgan fingerprint density at radius 3 is 2.22 bits per heavy atom. The van der Waals surface area contributed by atoms with Crippen molar-refractivity contribution in [3.8, 4) is 0 Å². The lowest BCUT2D eigenvalue weighted by Gasteiger charge is -2.31. The number of amides is 2. The van der Waals surface area contributed by atoms with E-state index in [4.69, 9.17) is 0 Å². The average molecular weight is 597 g/mol. The smallest absolute Gasteiger partial charge is 0.264 e. The minimum Gasteiger partial charge on any atom is -0.339 e. The van der Waals surface area contributed by atoms with Gasteiger partial charge in [-0.15, -0.1) is 11.3 Å². The van der Waals surface area contributed by atoms with E-state index in [1.165, 1.54) is 47.0 Å². The van der Waals surface area contributed by atoms with Gasteiger partial charge < -0.3 is 10.2 Å². The molecular weight excluding hydrogens is 556 g/mol. The number of carbonyl (C=O) groups excluding carboxylic acids is 2. The van der Waals surface area contributed by atoms with Crippen molar-refractivity contribution < 1.29 is 18.0 Å². The number of nitrogens with zero attached hydrogens (tertiary/aromatic N) is 3. The third-order valence-electron chi connectivity index (χ3n) is 7.43. The largest absolute Gasteiger partial charge is 0.339 e. The average Bonchev–Trinajstić information content (AvgIpc) is 3.33. The molecule has 8 nitrogen and oxygen atoms in total. The lowest BCUT2D eigenvalue weighted by molar-refractivity contribution is 0.0755. The predicted octanol–water partition coefficient (Wildman–Crippen LogP) is 5.85. The van der Waals surface area contributed by atoms with Gasteiger partial charge in [0.1, 0.15) is 5.00 Å². The maximum Gasteiger partial charge on any atom is 0.264 e. The van der Waals surface area contributed by atoms with E-state index < -0.39 is 10.0 Å². The number of benzene rings is 2. The molecule has 10 heteroatoms. The van der Waals surface area contributed by atoms with Gasteiger partial charge in [0.2, 0.25) is 0 Å². The zero-order valence-corrected chi connectivity index (χ0v) is 26.1. The summed E-state index contributed by atoms with van der Waals surface area (Å²) in [6.45, 7) is 11.4. The fourth-order valence-electron chi connectivity index (χ4n) is 5.08. The molecule has 0 radical (unpaired) electrons. The zero-order valence-electron chi connectivity index (χ0n) is 24.5. The molecule has 0 atom stereocenters. The standard InChI is InChI=1S/C31H40N4O4S2/c1-6-18-34(19-7-2)31(37)28-26-17-20-35(22(3)4)21-27(26)40-30(28)32-29(36)23-13-15-25(16-14-23)41(38,39)33(5)24-11-9-8-10-12-24/h8-16,22H,6-7,17-21H2,1-5H3,(H,32,36). The van der Waals surface area contributed by atoms with Crippen LogP contribution in [0.15, 0.2) is 59.5 Å². The highest BCUT2D eigenvalue weighted by Gasteiger charge is 2.31. The Hall–Kier alpha value is -3.21. The number of rotatable bonds is 11. The second kappa shape index (κ2) is 13.2. The Balaban J connectivity index is 1.61. The van der Waals surface area contributed by atoms with E-state index in [1.807, 2.05) is 11.0 Å². The summed E-state index contributed by atoms with van der Waals surface area (Å²) in [4.78, 5) is 32.7. The lowest BCUT2D eigenvalue weighted by Crippen LogP contribution is -2.37. The van der Waals surface area contributed by atoms with Crippen molar-refractivity contribution in [2.24, 2.45) is 0 Å². The molecule has 0 fully saturated rings. The van der Waals surface area contributed by atoms with Crippen molar-refractivity contribution in [1.29, 1.82) is 0 Å². The first-order chi connectivity index (χ1) is 19.6.